The number of fused-ring (bicyclic) bond motifs is 1. The number of hydrogen-bond acceptors (Lipinski definition) is 3. The summed E-state index contributed by atoms with van der Waals surface area (Å²) in [4.78, 5) is 4.34. The summed E-state index contributed by atoms with van der Waals surface area (Å²) in [7, 11) is -3.36. The fraction of sp³-hybridized carbons (Fsp3) is 0.125. The van der Waals surface area contributed by atoms with Gasteiger partial charge >= 0.3 is 0 Å². The van der Waals surface area contributed by atoms with Crippen LogP contribution in [0.15, 0.2) is 23.2 Å². The van der Waals surface area contributed by atoms with E-state index in [0.29, 0.717) is 5.69 Å². The third-order valence-electron chi connectivity index (χ3n) is 1.78. The van der Waals surface area contributed by atoms with Crippen LogP contribution in [0.25, 0.3) is 6.08 Å². The van der Waals surface area contributed by atoms with Crippen molar-refractivity contribution in [3.05, 3.63) is 29.7 Å². The second kappa shape index (κ2) is 2.56. The van der Waals surface area contributed by atoms with Crippen LogP contribution < -0.4 is 4.72 Å². The van der Waals surface area contributed by atoms with E-state index in [4.69, 9.17) is 0 Å². The van der Waals surface area contributed by atoms with E-state index in [-0.39, 0.29) is 4.90 Å². The van der Waals surface area contributed by atoms with Crippen LogP contribution in [0.2, 0.25) is 0 Å². The maximum absolute atomic E-state index is 11.4. The first kappa shape index (κ1) is 8.25. The quantitative estimate of drug-likeness (QED) is 0.663. The lowest BCUT2D eigenvalue weighted by Gasteiger charge is -2.11. The van der Waals surface area contributed by atoms with Crippen molar-refractivity contribution in [2.24, 2.45) is 0 Å². The molecule has 1 aliphatic heterocycles. The van der Waals surface area contributed by atoms with Crippen LogP contribution in [0.5, 0.6) is 0 Å². The van der Waals surface area contributed by atoms with Crippen molar-refractivity contribution >= 4 is 16.1 Å². The van der Waals surface area contributed by atoms with Gasteiger partial charge in [-0.05, 0) is 25.1 Å². The monoisotopic (exact) mass is 196 g/mol. The molecule has 1 aromatic heterocycles. The Bertz CT molecular complexity index is 477. The van der Waals surface area contributed by atoms with Gasteiger partial charge in [0.25, 0.3) is 10.0 Å². The number of aryl methyl sites for hydroxylation is 1. The average molecular weight is 196 g/mol. The van der Waals surface area contributed by atoms with E-state index < -0.39 is 10.0 Å². The Morgan fingerprint density at radius 1 is 1.38 bits per heavy atom. The molecule has 0 amide bonds. The minimum absolute atomic E-state index is 0.237. The fourth-order valence-electron chi connectivity index (χ4n) is 1.18. The molecular formula is C8H8N2O2S. The highest BCUT2D eigenvalue weighted by atomic mass is 32.2. The van der Waals surface area contributed by atoms with Gasteiger partial charge in [-0.3, -0.25) is 9.71 Å². The van der Waals surface area contributed by atoms with Crippen LogP contribution >= 0.6 is 0 Å². The SMILES string of the molecule is Cc1ccc2c(n1)C=CNS2(=O)=O. The molecule has 0 aliphatic carbocycles. The van der Waals surface area contributed by atoms with Crippen molar-refractivity contribution in [2.75, 3.05) is 0 Å². The average Bonchev–Trinajstić information content (AvgIpc) is 2.02. The minimum Gasteiger partial charge on any atom is -0.286 e. The van der Waals surface area contributed by atoms with E-state index in [2.05, 4.69) is 9.71 Å². The molecule has 4 nitrogen and oxygen atoms in total. The number of pyridine rings is 1. The molecule has 0 saturated heterocycles. The second-order valence-corrected chi connectivity index (χ2v) is 4.47. The lowest BCUT2D eigenvalue weighted by Crippen LogP contribution is -2.22. The minimum atomic E-state index is -3.36. The maximum atomic E-state index is 11.4. The first-order chi connectivity index (χ1) is 6.09. The van der Waals surface area contributed by atoms with E-state index >= 15 is 0 Å². The Labute approximate surface area is 76.4 Å². The summed E-state index contributed by atoms with van der Waals surface area (Å²) in [5.41, 5.74) is 1.30. The summed E-state index contributed by atoms with van der Waals surface area (Å²) in [6.45, 7) is 1.82. The predicted molar refractivity (Wildman–Crippen MR) is 48.3 cm³/mol. The van der Waals surface area contributed by atoms with E-state index in [1.165, 1.54) is 6.20 Å². The van der Waals surface area contributed by atoms with Gasteiger partial charge in [0.15, 0.2) is 0 Å². The number of nitrogens with zero attached hydrogens (tertiary/aromatic N) is 1. The van der Waals surface area contributed by atoms with Gasteiger partial charge in [-0.2, -0.15) is 0 Å². The normalized spacial score (nSPS) is 17.6. The topological polar surface area (TPSA) is 59.1 Å². The Balaban J connectivity index is 2.75. The van der Waals surface area contributed by atoms with Crippen molar-refractivity contribution in [2.45, 2.75) is 11.8 Å². The molecule has 1 aliphatic rings. The van der Waals surface area contributed by atoms with Crippen LogP contribution in [0.4, 0.5) is 0 Å². The molecule has 13 heavy (non-hydrogen) atoms. The van der Waals surface area contributed by atoms with Crippen LogP contribution in [0.1, 0.15) is 11.4 Å². The molecule has 0 aromatic carbocycles. The first-order valence-corrected chi connectivity index (χ1v) is 5.24. The van der Waals surface area contributed by atoms with Gasteiger partial charge < -0.3 is 0 Å². The van der Waals surface area contributed by atoms with Gasteiger partial charge in [0.05, 0.1) is 5.69 Å². The zero-order chi connectivity index (χ0) is 9.47. The number of hydrogen-bond donors (Lipinski definition) is 1. The molecule has 0 saturated carbocycles. The number of sulfonamides is 1. The third kappa shape index (κ3) is 1.31. The van der Waals surface area contributed by atoms with Crippen molar-refractivity contribution < 1.29 is 8.42 Å². The predicted octanol–water partition coefficient (Wildman–Crippen LogP) is 0.653. The molecule has 0 spiro atoms. The lowest BCUT2D eigenvalue weighted by molar-refractivity contribution is 0.589. The molecule has 2 heterocycles. The van der Waals surface area contributed by atoms with Gasteiger partial charge in [0.2, 0.25) is 0 Å². The lowest BCUT2D eigenvalue weighted by atomic mass is 10.3. The van der Waals surface area contributed by atoms with Crippen molar-refractivity contribution in [3.8, 4) is 0 Å². The van der Waals surface area contributed by atoms with Gasteiger partial charge in [0.1, 0.15) is 4.90 Å². The summed E-state index contributed by atoms with van der Waals surface area (Å²) in [6, 6.07) is 3.24. The molecule has 0 radical (unpaired) electrons. The molecule has 0 bridgehead atoms. The zero-order valence-corrected chi connectivity index (χ0v) is 7.80. The van der Waals surface area contributed by atoms with E-state index in [9.17, 15) is 8.42 Å². The third-order valence-corrected chi connectivity index (χ3v) is 3.15. The summed E-state index contributed by atoms with van der Waals surface area (Å²) < 4.78 is 25.0. The van der Waals surface area contributed by atoms with Gasteiger partial charge in [-0.1, -0.05) is 0 Å². The zero-order valence-electron chi connectivity index (χ0n) is 6.98. The Hall–Kier alpha value is -1.36. The second-order valence-electron chi connectivity index (χ2n) is 2.79. The summed E-state index contributed by atoms with van der Waals surface area (Å²) in [5, 5.41) is 0. The Morgan fingerprint density at radius 3 is 2.92 bits per heavy atom. The largest absolute Gasteiger partial charge is 0.286 e. The maximum Gasteiger partial charge on any atom is 0.263 e. The van der Waals surface area contributed by atoms with E-state index in [1.54, 1.807) is 18.2 Å². The van der Waals surface area contributed by atoms with Crippen molar-refractivity contribution in [3.63, 3.8) is 0 Å². The Morgan fingerprint density at radius 2 is 2.15 bits per heavy atom. The fourth-order valence-corrected chi connectivity index (χ4v) is 2.19. The van der Waals surface area contributed by atoms with Gasteiger partial charge in [-0.25, -0.2) is 8.42 Å². The smallest absolute Gasteiger partial charge is 0.263 e. The first-order valence-electron chi connectivity index (χ1n) is 3.76. The van der Waals surface area contributed by atoms with E-state index in [0.717, 1.165) is 5.69 Å². The molecule has 2 rings (SSSR count). The molecule has 0 unspecified atom stereocenters. The molecule has 5 heteroatoms. The van der Waals surface area contributed by atoms with Crippen LogP contribution in [-0.2, 0) is 10.0 Å². The van der Waals surface area contributed by atoms with Crippen molar-refractivity contribution in [1.82, 2.24) is 9.71 Å². The molecule has 0 atom stereocenters. The number of rotatable bonds is 0. The standard InChI is InChI=1S/C8H8N2O2S/c1-6-2-3-8-7(10-6)4-5-9-13(8,11)12/h2-5,9H,1H3. The molecule has 0 fully saturated rings. The van der Waals surface area contributed by atoms with Crippen LogP contribution in [-0.4, -0.2) is 13.4 Å². The summed E-state index contributed by atoms with van der Waals surface area (Å²) in [6.07, 6.45) is 3.02. The molecule has 1 aromatic rings. The highest BCUT2D eigenvalue weighted by molar-refractivity contribution is 7.89. The van der Waals surface area contributed by atoms with Gasteiger partial charge in [0, 0.05) is 11.9 Å². The van der Waals surface area contributed by atoms with E-state index in [1.807, 2.05) is 6.92 Å². The van der Waals surface area contributed by atoms with Crippen molar-refractivity contribution in [1.29, 1.82) is 0 Å². The number of aromatic nitrogens is 1. The Kier molecular flexibility index (Phi) is 1.63. The highest BCUT2D eigenvalue weighted by Gasteiger charge is 2.19. The molecule has 68 valence electrons. The number of nitrogens with one attached hydrogen (secondary N) is 1. The highest BCUT2D eigenvalue weighted by Crippen LogP contribution is 2.18. The van der Waals surface area contributed by atoms with Crippen LogP contribution in [0, 0.1) is 6.92 Å². The summed E-state index contributed by atoms with van der Waals surface area (Å²) in [5.74, 6) is 0. The van der Waals surface area contributed by atoms with Gasteiger partial charge in [-0.15, -0.1) is 0 Å². The summed E-state index contributed by atoms with van der Waals surface area (Å²) >= 11 is 0. The molecular weight excluding hydrogens is 188 g/mol. The van der Waals surface area contributed by atoms with Crippen LogP contribution in [0.3, 0.4) is 0 Å². The molecule has 1 N–H and O–H groups in total.